The van der Waals surface area contributed by atoms with Gasteiger partial charge in [0.1, 0.15) is 5.41 Å². The number of aliphatic carboxylic acids is 1. The summed E-state index contributed by atoms with van der Waals surface area (Å²) in [4.78, 5) is 23.1. The third kappa shape index (κ3) is 1.39. The van der Waals surface area contributed by atoms with Gasteiger partial charge in [0, 0.05) is 5.56 Å². The van der Waals surface area contributed by atoms with Crippen LogP contribution in [-0.2, 0) is 4.79 Å². The number of carbonyl (C=O) groups is 2. The van der Waals surface area contributed by atoms with Crippen molar-refractivity contribution in [3.8, 4) is 11.5 Å². The number of fused-ring (bicyclic) bond motifs is 1. The molecule has 1 N–H and O–H groups in total. The van der Waals surface area contributed by atoms with Crippen molar-refractivity contribution in [3.63, 3.8) is 0 Å². The van der Waals surface area contributed by atoms with E-state index >= 15 is 0 Å². The molecule has 1 fully saturated rings. The maximum atomic E-state index is 12.1. The van der Waals surface area contributed by atoms with Crippen molar-refractivity contribution >= 4 is 11.8 Å². The highest BCUT2D eigenvalue weighted by atomic mass is 16.7. The molecule has 88 valence electrons. The van der Waals surface area contributed by atoms with Gasteiger partial charge in [0.25, 0.3) is 0 Å². The average molecular weight is 234 g/mol. The number of ether oxygens (including phenoxy) is 2. The summed E-state index contributed by atoms with van der Waals surface area (Å²) in [6.07, 6.45) is 0.825. The molecule has 1 aliphatic carbocycles. The molecule has 0 amide bonds. The molecular weight excluding hydrogens is 224 g/mol. The molecule has 5 nitrogen and oxygen atoms in total. The van der Waals surface area contributed by atoms with E-state index in [-0.39, 0.29) is 12.6 Å². The fourth-order valence-electron chi connectivity index (χ4n) is 1.98. The summed E-state index contributed by atoms with van der Waals surface area (Å²) in [7, 11) is 0. The Morgan fingerprint density at radius 2 is 1.88 bits per heavy atom. The molecule has 5 heteroatoms. The topological polar surface area (TPSA) is 72.8 Å². The summed E-state index contributed by atoms with van der Waals surface area (Å²) >= 11 is 0. The molecule has 0 saturated heterocycles. The van der Waals surface area contributed by atoms with Gasteiger partial charge >= 0.3 is 5.97 Å². The molecule has 17 heavy (non-hydrogen) atoms. The molecule has 2 aliphatic rings. The molecule has 0 spiro atoms. The Hall–Kier alpha value is -2.04. The van der Waals surface area contributed by atoms with Crippen molar-refractivity contribution in [2.45, 2.75) is 12.8 Å². The van der Waals surface area contributed by atoms with Crippen molar-refractivity contribution in [1.82, 2.24) is 0 Å². The first-order valence-electron chi connectivity index (χ1n) is 5.31. The lowest BCUT2D eigenvalue weighted by molar-refractivity contribution is -0.141. The van der Waals surface area contributed by atoms with Gasteiger partial charge in [0.15, 0.2) is 17.3 Å². The summed E-state index contributed by atoms with van der Waals surface area (Å²) in [6, 6.07) is 4.76. The van der Waals surface area contributed by atoms with E-state index < -0.39 is 11.4 Å². The van der Waals surface area contributed by atoms with Crippen LogP contribution in [0.5, 0.6) is 11.5 Å². The zero-order chi connectivity index (χ0) is 12.0. The fraction of sp³-hybridized carbons (Fsp3) is 0.333. The van der Waals surface area contributed by atoms with Crippen LogP contribution in [0.25, 0.3) is 0 Å². The predicted octanol–water partition coefficient (Wildman–Crippen LogP) is 1.46. The molecule has 0 atom stereocenters. The van der Waals surface area contributed by atoms with E-state index in [1.54, 1.807) is 18.2 Å². The Morgan fingerprint density at radius 3 is 2.53 bits per heavy atom. The van der Waals surface area contributed by atoms with Crippen LogP contribution in [0, 0.1) is 5.41 Å². The zero-order valence-electron chi connectivity index (χ0n) is 8.93. The van der Waals surface area contributed by atoms with Crippen LogP contribution >= 0.6 is 0 Å². The second-order valence-corrected chi connectivity index (χ2v) is 4.28. The summed E-state index contributed by atoms with van der Waals surface area (Å²) < 4.78 is 10.3. The number of Topliss-reactive ketones (excluding diaryl/α,β-unsaturated/α-hetero) is 1. The second-order valence-electron chi connectivity index (χ2n) is 4.28. The molecule has 0 unspecified atom stereocenters. The normalized spacial score (nSPS) is 18.8. The quantitative estimate of drug-likeness (QED) is 0.633. The van der Waals surface area contributed by atoms with E-state index in [0.717, 1.165) is 0 Å². The Kier molecular flexibility index (Phi) is 1.92. The zero-order valence-corrected chi connectivity index (χ0v) is 8.93. The summed E-state index contributed by atoms with van der Waals surface area (Å²) in [6.45, 7) is 0.136. The van der Waals surface area contributed by atoms with E-state index in [4.69, 9.17) is 14.6 Å². The number of ketones is 1. The third-order valence-corrected chi connectivity index (χ3v) is 3.23. The number of hydrogen-bond acceptors (Lipinski definition) is 4. The van der Waals surface area contributed by atoms with Gasteiger partial charge in [-0.1, -0.05) is 0 Å². The maximum absolute atomic E-state index is 12.1. The van der Waals surface area contributed by atoms with Crippen LogP contribution in [0.15, 0.2) is 18.2 Å². The molecule has 0 radical (unpaired) electrons. The number of benzene rings is 1. The van der Waals surface area contributed by atoms with Gasteiger partial charge in [-0.25, -0.2) is 0 Å². The van der Waals surface area contributed by atoms with E-state index in [2.05, 4.69) is 0 Å². The molecule has 1 heterocycles. The third-order valence-electron chi connectivity index (χ3n) is 3.23. The SMILES string of the molecule is O=C(O)C1(C(=O)c2ccc3c(c2)OCO3)CC1. The van der Waals surface area contributed by atoms with Gasteiger partial charge in [0.05, 0.1) is 0 Å². The minimum absolute atomic E-state index is 0.136. The predicted molar refractivity (Wildman–Crippen MR) is 56.2 cm³/mol. The smallest absolute Gasteiger partial charge is 0.317 e. The highest BCUT2D eigenvalue weighted by Crippen LogP contribution is 2.49. The Labute approximate surface area is 97.0 Å². The molecule has 1 aromatic rings. The van der Waals surface area contributed by atoms with Gasteiger partial charge < -0.3 is 14.6 Å². The van der Waals surface area contributed by atoms with Crippen molar-refractivity contribution in [2.75, 3.05) is 6.79 Å². The summed E-state index contributed by atoms with van der Waals surface area (Å²) in [5.74, 6) is -0.303. The van der Waals surface area contributed by atoms with Crippen LogP contribution in [0.1, 0.15) is 23.2 Å². The lowest BCUT2D eigenvalue weighted by Gasteiger charge is -2.08. The van der Waals surface area contributed by atoms with Gasteiger partial charge in [-0.05, 0) is 31.0 Å². The first kappa shape index (κ1) is 10.1. The number of hydrogen-bond donors (Lipinski definition) is 1. The molecule has 0 aromatic heterocycles. The van der Waals surface area contributed by atoms with Gasteiger partial charge in [-0.2, -0.15) is 0 Å². The van der Waals surface area contributed by atoms with Crippen LogP contribution in [-0.4, -0.2) is 23.7 Å². The highest BCUT2D eigenvalue weighted by molar-refractivity contribution is 6.14. The van der Waals surface area contributed by atoms with Gasteiger partial charge in [-0.3, -0.25) is 9.59 Å². The summed E-state index contributed by atoms with van der Waals surface area (Å²) in [5.41, 5.74) is -0.831. The molecule has 1 saturated carbocycles. The Bertz CT molecular complexity index is 516. The van der Waals surface area contributed by atoms with E-state index in [0.29, 0.717) is 29.9 Å². The van der Waals surface area contributed by atoms with E-state index in [1.165, 1.54) is 0 Å². The average Bonchev–Trinajstić information content (AvgIpc) is 3.00. The number of carboxylic acids is 1. The molecule has 0 bridgehead atoms. The number of rotatable bonds is 3. The molecule has 3 rings (SSSR count). The monoisotopic (exact) mass is 234 g/mol. The number of carboxylic acid groups (broad SMARTS) is 1. The molecular formula is C12H10O5. The van der Waals surface area contributed by atoms with Crippen molar-refractivity contribution in [1.29, 1.82) is 0 Å². The van der Waals surface area contributed by atoms with Crippen LogP contribution in [0.3, 0.4) is 0 Å². The minimum atomic E-state index is -1.20. The second kappa shape index (κ2) is 3.23. The Balaban J connectivity index is 1.95. The Morgan fingerprint density at radius 1 is 1.18 bits per heavy atom. The lowest BCUT2D eigenvalue weighted by Crippen LogP contribution is -2.25. The van der Waals surface area contributed by atoms with Crippen LogP contribution in [0.2, 0.25) is 0 Å². The largest absolute Gasteiger partial charge is 0.480 e. The minimum Gasteiger partial charge on any atom is -0.480 e. The van der Waals surface area contributed by atoms with Crippen molar-refractivity contribution in [3.05, 3.63) is 23.8 Å². The van der Waals surface area contributed by atoms with Crippen molar-refractivity contribution < 1.29 is 24.2 Å². The van der Waals surface area contributed by atoms with Crippen molar-refractivity contribution in [2.24, 2.45) is 5.41 Å². The first-order chi connectivity index (χ1) is 8.13. The number of carbonyl (C=O) groups excluding carboxylic acids is 1. The van der Waals surface area contributed by atoms with Gasteiger partial charge in [0.2, 0.25) is 6.79 Å². The maximum Gasteiger partial charge on any atom is 0.317 e. The van der Waals surface area contributed by atoms with Gasteiger partial charge in [-0.15, -0.1) is 0 Å². The lowest BCUT2D eigenvalue weighted by atomic mass is 9.94. The van der Waals surface area contributed by atoms with Crippen LogP contribution in [0.4, 0.5) is 0 Å². The molecule has 1 aromatic carbocycles. The van der Waals surface area contributed by atoms with E-state index in [1.807, 2.05) is 0 Å². The standard InChI is InChI=1S/C12H10O5/c13-10(12(3-4-12)11(14)15)7-1-2-8-9(5-7)17-6-16-8/h1-2,5H,3-4,6H2,(H,14,15). The fourth-order valence-corrected chi connectivity index (χ4v) is 1.98. The molecule has 1 aliphatic heterocycles. The summed E-state index contributed by atoms with van der Waals surface area (Å²) in [5, 5.41) is 9.05. The highest BCUT2D eigenvalue weighted by Gasteiger charge is 2.57. The van der Waals surface area contributed by atoms with Crippen LogP contribution < -0.4 is 9.47 Å². The first-order valence-corrected chi connectivity index (χ1v) is 5.31. The van der Waals surface area contributed by atoms with E-state index in [9.17, 15) is 9.59 Å².